The third-order valence-electron chi connectivity index (χ3n) is 4.16. The molecule has 1 aliphatic carbocycles. The molecule has 0 bridgehead atoms. The van der Waals surface area contributed by atoms with Crippen molar-refractivity contribution in [2.24, 2.45) is 0 Å². The standard InChI is InChI=1S/C15H22O2/c1-10-8-12(3)13(9-11(10)2)14(16)15(17)6-4-5-7-15/h8-9,14,16-17H,4-7H2,1-3H3. The molecular weight excluding hydrogens is 212 g/mol. The van der Waals surface area contributed by atoms with E-state index in [2.05, 4.69) is 13.0 Å². The molecule has 0 spiro atoms. The van der Waals surface area contributed by atoms with E-state index in [9.17, 15) is 10.2 Å². The van der Waals surface area contributed by atoms with Gasteiger partial charge >= 0.3 is 0 Å². The summed E-state index contributed by atoms with van der Waals surface area (Å²) >= 11 is 0. The maximum atomic E-state index is 10.4. The smallest absolute Gasteiger partial charge is 0.108 e. The Labute approximate surface area is 103 Å². The van der Waals surface area contributed by atoms with E-state index >= 15 is 0 Å². The molecule has 2 rings (SSSR count). The summed E-state index contributed by atoms with van der Waals surface area (Å²) in [5.41, 5.74) is 3.45. The van der Waals surface area contributed by atoms with Gasteiger partial charge in [-0.3, -0.25) is 0 Å². The van der Waals surface area contributed by atoms with Gasteiger partial charge in [0.15, 0.2) is 0 Å². The number of benzene rings is 1. The summed E-state index contributed by atoms with van der Waals surface area (Å²) in [5.74, 6) is 0. The van der Waals surface area contributed by atoms with Gasteiger partial charge in [0.25, 0.3) is 0 Å². The molecule has 94 valence electrons. The lowest BCUT2D eigenvalue weighted by Gasteiger charge is -2.30. The van der Waals surface area contributed by atoms with Crippen molar-refractivity contribution in [1.82, 2.24) is 0 Å². The molecule has 0 saturated heterocycles. The number of aliphatic hydroxyl groups is 2. The minimum absolute atomic E-state index is 0.709. The zero-order chi connectivity index (χ0) is 12.6. The van der Waals surface area contributed by atoms with Crippen LogP contribution in [0.1, 0.15) is 54.0 Å². The van der Waals surface area contributed by atoms with E-state index < -0.39 is 11.7 Å². The first kappa shape index (κ1) is 12.6. The van der Waals surface area contributed by atoms with Crippen LogP contribution in [0, 0.1) is 20.8 Å². The van der Waals surface area contributed by atoms with Crippen molar-refractivity contribution in [2.45, 2.75) is 58.2 Å². The molecular formula is C15H22O2. The third-order valence-corrected chi connectivity index (χ3v) is 4.16. The highest BCUT2D eigenvalue weighted by atomic mass is 16.3. The van der Waals surface area contributed by atoms with Crippen molar-refractivity contribution in [3.63, 3.8) is 0 Å². The van der Waals surface area contributed by atoms with Crippen LogP contribution in [0.3, 0.4) is 0 Å². The van der Waals surface area contributed by atoms with Crippen LogP contribution in [-0.2, 0) is 0 Å². The summed E-state index contributed by atoms with van der Waals surface area (Å²) in [4.78, 5) is 0. The lowest BCUT2D eigenvalue weighted by Crippen LogP contribution is -2.33. The van der Waals surface area contributed by atoms with Gasteiger partial charge in [0.2, 0.25) is 0 Å². The van der Waals surface area contributed by atoms with E-state index in [0.717, 1.165) is 24.0 Å². The molecule has 17 heavy (non-hydrogen) atoms. The van der Waals surface area contributed by atoms with E-state index in [-0.39, 0.29) is 0 Å². The number of hydrogen-bond donors (Lipinski definition) is 2. The molecule has 0 aromatic heterocycles. The maximum absolute atomic E-state index is 10.4. The average Bonchev–Trinajstić information content (AvgIpc) is 2.71. The van der Waals surface area contributed by atoms with Crippen molar-refractivity contribution in [2.75, 3.05) is 0 Å². The van der Waals surface area contributed by atoms with Crippen LogP contribution in [-0.4, -0.2) is 15.8 Å². The number of hydrogen-bond acceptors (Lipinski definition) is 2. The van der Waals surface area contributed by atoms with Gasteiger partial charge in [-0.1, -0.05) is 25.0 Å². The summed E-state index contributed by atoms with van der Waals surface area (Å²) in [6, 6.07) is 4.11. The Bertz CT molecular complexity index is 417. The quantitative estimate of drug-likeness (QED) is 0.826. The Hall–Kier alpha value is -0.860. The Morgan fingerprint density at radius 1 is 1.00 bits per heavy atom. The first-order valence-corrected chi connectivity index (χ1v) is 6.42. The molecule has 0 aliphatic heterocycles. The summed E-state index contributed by atoms with van der Waals surface area (Å²) in [7, 11) is 0. The van der Waals surface area contributed by atoms with E-state index in [0.29, 0.717) is 12.8 Å². The van der Waals surface area contributed by atoms with Crippen molar-refractivity contribution in [3.8, 4) is 0 Å². The molecule has 0 amide bonds. The molecule has 1 atom stereocenters. The van der Waals surface area contributed by atoms with E-state index in [1.807, 2.05) is 19.9 Å². The van der Waals surface area contributed by atoms with Gasteiger partial charge in [0.05, 0.1) is 5.60 Å². The molecule has 2 N–H and O–H groups in total. The first-order valence-electron chi connectivity index (χ1n) is 6.42. The highest BCUT2D eigenvalue weighted by Gasteiger charge is 2.39. The van der Waals surface area contributed by atoms with Gasteiger partial charge in [0, 0.05) is 0 Å². The van der Waals surface area contributed by atoms with Crippen LogP contribution in [0.25, 0.3) is 0 Å². The SMILES string of the molecule is Cc1cc(C)c(C(O)C2(O)CCCC2)cc1C. The maximum Gasteiger partial charge on any atom is 0.108 e. The summed E-state index contributed by atoms with van der Waals surface area (Å²) in [6.45, 7) is 6.12. The Balaban J connectivity index is 2.36. The minimum Gasteiger partial charge on any atom is -0.387 e. The lowest BCUT2D eigenvalue weighted by atomic mass is 9.86. The highest BCUT2D eigenvalue weighted by Crippen LogP contribution is 2.40. The van der Waals surface area contributed by atoms with Crippen molar-refractivity contribution >= 4 is 0 Å². The van der Waals surface area contributed by atoms with Crippen LogP contribution < -0.4 is 0 Å². The number of aryl methyl sites for hydroxylation is 3. The molecule has 0 heterocycles. The largest absolute Gasteiger partial charge is 0.387 e. The second kappa shape index (κ2) is 4.43. The van der Waals surface area contributed by atoms with E-state index in [1.54, 1.807) is 0 Å². The molecule has 1 fully saturated rings. The van der Waals surface area contributed by atoms with Gasteiger partial charge in [-0.15, -0.1) is 0 Å². The van der Waals surface area contributed by atoms with Gasteiger partial charge in [0.1, 0.15) is 6.10 Å². The van der Waals surface area contributed by atoms with Crippen LogP contribution in [0.5, 0.6) is 0 Å². The lowest BCUT2D eigenvalue weighted by molar-refractivity contribution is -0.0722. The molecule has 1 saturated carbocycles. The van der Waals surface area contributed by atoms with Gasteiger partial charge < -0.3 is 10.2 Å². The Kier molecular flexibility index (Phi) is 3.28. The second-order valence-corrected chi connectivity index (χ2v) is 5.51. The number of aliphatic hydroxyl groups excluding tert-OH is 1. The van der Waals surface area contributed by atoms with Gasteiger partial charge in [-0.2, -0.15) is 0 Å². The van der Waals surface area contributed by atoms with E-state index in [1.165, 1.54) is 11.1 Å². The predicted molar refractivity (Wildman–Crippen MR) is 69.0 cm³/mol. The second-order valence-electron chi connectivity index (χ2n) is 5.51. The normalized spacial score (nSPS) is 20.5. The first-order chi connectivity index (χ1) is 7.94. The van der Waals surface area contributed by atoms with Crippen LogP contribution in [0.4, 0.5) is 0 Å². The fourth-order valence-electron chi connectivity index (χ4n) is 2.83. The monoisotopic (exact) mass is 234 g/mol. The third kappa shape index (κ3) is 2.24. The van der Waals surface area contributed by atoms with Gasteiger partial charge in [-0.05, 0) is 55.9 Å². The summed E-state index contributed by atoms with van der Waals surface area (Å²) < 4.78 is 0. The van der Waals surface area contributed by atoms with Crippen molar-refractivity contribution in [3.05, 3.63) is 34.4 Å². The van der Waals surface area contributed by atoms with Crippen molar-refractivity contribution < 1.29 is 10.2 Å². The average molecular weight is 234 g/mol. The molecule has 2 heteroatoms. The summed E-state index contributed by atoms with van der Waals surface area (Å²) in [5, 5.41) is 20.9. The predicted octanol–water partition coefficient (Wildman–Crippen LogP) is 2.95. The summed E-state index contributed by atoms with van der Waals surface area (Å²) in [6.07, 6.45) is 2.69. The van der Waals surface area contributed by atoms with Crippen molar-refractivity contribution in [1.29, 1.82) is 0 Å². The Morgan fingerprint density at radius 3 is 2.12 bits per heavy atom. The van der Waals surface area contributed by atoms with E-state index in [4.69, 9.17) is 0 Å². The number of rotatable bonds is 2. The fraction of sp³-hybridized carbons (Fsp3) is 0.600. The molecule has 0 radical (unpaired) electrons. The van der Waals surface area contributed by atoms with Crippen LogP contribution in [0.2, 0.25) is 0 Å². The topological polar surface area (TPSA) is 40.5 Å². The van der Waals surface area contributed by atoms with Gasteiger partial charge in [-0.25, -0.2) is 0 Å². The van der Waals surface area contributed by atoms with Crippen LogP contribution in [0.15, 0.2) is 12.1 Å². The van der Waals surface area contributed by atoms with Crippen LogP contribution >= 0.6 is 0 Å². The Morgan fingerprint density at radius 2 is 1.53 bits per heavy atom. The molecule has 1 aromatic carbocycles. The molecule has 1 unspecified atom stereocenters. The fourth-order valence-corrected chi connectivity index (χ4v) is 2.83. The zero-order valence-electron chi connectivity index (χ0n) is 11.0. The highest BCUT2D eigenvalue weighted by molar-refractivity contribution is 5.38. The molecule has 1 aliphatic rings. The zero-order valence-corrected chi connectivity index (χ0v) is 11.0. The molecule has 2 nitrogen and oxygen atoms in total. The molecule has 1 aromatic rings. The minimum atomic E-state index is -0.910.